The summed E-state index contributed by atoms with van der Waals surface area (Å²) in [5, 5.41) is 6.89. The molecule has 1 saturated heterocycles. The van der Waals surface area contributed by atoms with Gasteiger partial charge in [0.15, 0.2) is 5.96 Å². The van der Waals surface area contributed by atoms with Crippen molar-refractivity contribution >= 4 is 17.6 Å². The lowest BCUT2D eigenvalue weighted by Gasteiger charge is -2.21. The Hall–Kier alpha value is -2.24. The molecule has 6 nitrogen and oxygen atoms in total. The predicted molar refractivity (Wildman–Crippen MR) is 120 cm³/mol. The Labute approximate surface area is 175 Å². The predicted octanol–water partition coefficient (Wildman–Crippen LogP) is 2.86. The van der Waals surface area contributed by atoms with E-state index in [0.717, 1.165) is 64.4 Å². The SMILES string of the molecule is CCNC(=NCCCN(C)c1ccccc1)NC1CCN(C(=O)C2CCCC2)C1. The van der Waals surface area contributed by atoms with E-state index in [0.29, 0.717) is 11.9 Å². The van der Waals surface area contributed by atoms with Gasteiger partial charge in [0.25, 0.3) is 0 Å². The minimum Gasteiger partial charge on any atom is -0.375 e. The monoisotopic (exact) mass is 399 g/mol. The lowest BCUT2D eigenvalue weighted by atomic mass is 10.1. The summed E-state index contributed by atoms with van der Waals surface area (Å²) in [5.41, 5.74) is 1.24. The number of aliphatic imine (C=N–C) groups is 1. The molecule has 1 aliphatic heterocycles. The summed E-state index contributed by atoms with van der Waals surface area (Å²) in [5.74, 6) is 1.52. The molecule has 1 saturated carbocycles. The van der Waals surface area contributed by atoms with Crippen LogP contribution in [-0.2, 0) is 4.79 Å². The van der Waals surface area contributed by atoms with E-state index in [2.05, 4.69) is 58.7 Å². The molecule has 3 rings (SSSR count). The molecule has 160 valence electrons. The standard InChI is InChI=1S/C23H37N5O/c1-3-24-23(25-15-9-16-27(2)21-12-5-4-6-13-21)26-20-14-17-28(18-20)22(29)19-10-7-8-11-19/h4-6,12-13,19-20H,3,7-11,14-18H2,1-2H3,(H2,24,25,26). The van der Waals surface area contributed by atoms with Crippen molar-refractivity contribution in [2.45, 2.75) is 51.5 Å². The van der Waals surface area contributed by atoms with Gasteiger partial charge in [0.05, 0.1) is 0 Å². The van der Waals surface area contributed by atoms with Gasteiger partial charge in [-0.3, -0.25) is 9.79 Å². The third-order valence-corrected chi connectivity index (χ3v) is 6.01. The Morgan fingerprint density at radius 2 is 1.97 bits per heavy atom. The van der Waals surface area contributed by atoms with Crippen LogP contribution in [0.4, 0.5) is 5.69 Å². The number of anilines is 1. The van der Waals surface area contributed by atoms with Crippen molar-refractivity contribution in [2.75, 3.05) is 44.7 Å². The van der Waals surface area contributed by atoms with Gasteiger partial charge in [0.2, 0.25) is 5.91 Å². The van der Waals surface area contributed by atoms with E-state index in [-0.39, 0.29) is 5.92 Å². The molecule has 0 spiro atoms. The van der Waals surface area contributed by atoms with Crippen LogP contribution in [-0.4, -0.2) is 62.6 Å². The van der Waals surface area contributed by atoms with Crippen molar-refractivity contribution in [3.63, 3.8) is 0 Å². The van der Waals surface area contributed by atoms with Gasteiger partial charge in [0, 0.05) is 57.4 Å². The molecule has 1 atom stereocenters. The molecule has 29 heavy (non-hydrogen) atoms. The average molecular weight is 400 g/mol. The van der Waals surface area contributed by atoms with E-state index in [4.69, 9.17) is 4.99 Å². The Balaban J connectivity index is 1.42. The molecule has 1 unspecified atom stereocenters. The number of nitrogens with zero attached hydrogens (tertiary/aromatic N) is 3. The van der Waals surface area contributed by atoms with Crippen LogP contribution in [0.3, 0.4) is 0 Å². The van der Waals surface area contributed by atoms with Gasteiger partial charge >= 0.3 is 0 Å². The number of carbonyl (C=O) groups excluding carboxylic acids is 1. The quantitative estimate of drug-likeness (QED) is 0.401. The Morgan fingerprint density at radius 3 is 2.69 bits per heavy atom. The second-order valence-corrected chi connectivity index (χ2v) is 8.27. The first kappa shape index (κ1) is 21.5. The highest BCUT2D eigenvalue weighted by atomic mass is 16.2. The molecule has 6 heteroatoms. The van der Waals surface area contributed by atoms with Crippen molar-refractivity contribution in [3.05, 3.63) is 30.3 Å². The van der Waals surface area contributed by atoms with Crippen molar-refractivity contribution < 1.29 is 4.79 Å². The van der Waals surface area contributed by atoms with Crippen LogP contribution in [0.5, 0.6) is 0 Å². The van der Waals surface area contributed by atoms with Gasteiger partial charge in [0.1, 0.15) is 0 Å². The summed E-state index contributed by atoms with van der Waals surface area (Å²) in [6, 6.07) is 10.7. The summed E-state index contributed by atoms with van der Waals surface area (Å²) >= 11 is 0. The van der Waals surface area contributed by atoms with Gasteiger partial charge in [-0.25, -0.2) is 0 Å². The molecular formula is C23H37N5O. The van der Waals surface area contributed by atoms with Crippen LogP contribution in [0.15, 0.2) is 35.3 Å². The highest BCUT2D eigenvalue weighted by Gasteiger charge is 2.32. The topological polar surface area (TPSA) is 60.0 Å². The molecule has 1 heterocycles. The van der Waals surface area contributed by atoms with Crippen molar-refractivity contribution in [1.29, 1.82) is 0 Å². The van der Waals surface area contributed by atoms with Crippen LogP contribution in [0.2, 0.25) is 0 Å². The van der Waals surface area contributed by atoms with Crippen molar-refractivity contribution in [2.24, 2.45) is 10.9 Å². The number of carbonyl (C=O) groups is 1. The molecule has 2 N–H and O–H groups in total. The second kappa shape index (κ2) is 11.1. The maximum atomic E-state index is 12.6. The van der Waals surface area contributed by atoms with E-state index >= 15 is 0 Å². The smallest absolute Gasteiger partial charge is 0.225 e. The van der Waals surface area contributed by atoms with E-state index in [1.807, 2.05) is 6.07 Å². The first-order valence-electron chi connectivity index (χ1n) is 11.3. The molecule has 0 radical (unpaired) electrons. The number of benzene rings is 1. The number of rotatable bonds is 8. The number of hydrogen-bond acceptors (Lipinski definition) is 3. The lowest BCUT2D eigenvalue weighted by Crippen LogP contribution is -2.45. The third-order valence-electron chi connectivity index (χ3n) is 6.01. The van der Waals surface area contributed by atoms with Gasteiger partial charge in [-0.05, 0) is 44.7 Å². The minimum absolute atomic E-state index is 0.275. The number of para-hydroxylation sites is 1. The zero-order valence-electron chi connectivity index (χ0n) is 18.1. The lowest BCUT2D eigenvalue weighted by molar-refractivity contribution is -0.134. The summed E-state index contributed by atoms with van der Waals surface area (Å²) in [6.45, 7) is 6.35. The van der Waals surface area contributed by atoms with Gasteiger partial charge in [-0.2, -0.15) is 0 Å². The van der Waals surface area contributed by atoms with Crippen LogP contribution >= 0.6 is 0 Å². The normalized spacial score (nSPS) is 20.1. The van der Waals surface area contributed by atoms with Crippen LogP contribution in [0.25, 0.3) is 0 Å². The van der Waals surface area contributed by atoms with Gasteiger partial charge in [-0.15, -0.1) is 0 Å². The average Bonchev–Trinajstić information content (AvgIpc) is 3.43. The van der Waals surface area contributed by atoms with Crippen LogP contribution in [0, 0.1) is 5.92 Å². The maximum absolute atomic E-state index is 12.6. The Bertz CT molecular complexity index is 656. The first-order chi connectivity index (χ1) is 14.2. The second-order valence-electron chi connectivity index (χ2n) is 8.27. The molecule has 1 aromatic carbocycles. The maximum Gasteiger partial charge on any atom is 0.225 e. The molecule has 2 aliphatic rings. The first-order valence-corrected chi connectivity index (χ1v) is 11.3. The number of amides is 1. The summed E-state index contributed by atoms with van der Waals surface area (Å²) < 4.78 is 0. The highest BCUT2D eigenvalue weighted by Crippen LogP contribution is 2.27. The molecule has 1 amide bonds. The summed E-state index contributed by atoms with van der Waals surface area (Å²) in [4.78, 5) is 21.7. The number of hydrogen-bond donors (Lipinski definition) is 2. The van der Waals surface area contributed by atoms with Crippen molar-refractivity contribution in [1.82, 2.24) is 15.5 Å². The number of likely N-dealkylation sites (tertiary alicyclic amines) is 1. The van der Waals surface area contributed by atoms with E-state index in [9.17, 15) is 4.79 Å². The molecule has 1 aliphatic carbocycles. The molecule has 1 aromatic rings. The molecular weight excluding hydrogens is 362 g/mol. The molecule has 0 bridgehead atoms. The van der Waals surface area contributed by atoms with Crippen LogP contribution in [0.1, 0.15) is 45.4 Å². The Morgan fingerprint density at radius 1 is 1.21 bits per heavy atom. The van der Waals surface area contributed by atoms with Crippen molar-refractivity contribution in [3.8, 4) is 0 Å². The fourth-order valence-electron chi connectivity index (χ4n) is 4.33. The third kappa shape index (κ3) is 6.38. The van der Waals surface area contributed by atoms with Gasteiger partial charge in [-0.1, -0.05) is 31.0 Å². The fourth-order valence-corrected chi connectivity index (χ4v) is 4.33. The summed E-state index contributed by atoms with van der Waals surface area (Å²) in [6.07, 6.45) is 6.58. The zero-order valence-corrected chi connectivity index (χ0v) is 18.1. The van der Waals surface area contributed by atoms with E-state index in [1.54, 1.807) is 0 Å². The number of guanidine groups is 1. The molecule has 0 aromatic heterocycles. The van der Waals surface area contributed by atoms with E-state index in [1.165, 1.54) is 18.5 Å². The van der Waals surface area contributed by atoms with Crippen LogP contribution < -0.4 is 15.5 Å². The zero-order chi connectivity index (χ0) is 20.5. The Kier molecular flexibility index (Phi) is 8.20. The van der Waals surface area contributed by atoms with Gasteiger partial charge < -0.3 is 20.4 Å². The van der Waals surface area contributed by atoms with E-state index < -0.39 is 0 Å². The molecule has 2 fully saturated rings. The fraction of sp³-hybridized carbons (Fsp3) is 0.652. The largest absolute Gasteiger partial charge is 0.375 e. The minimum atomic E-state index is 0.275. The summed E-state index contributed by atoms with van der Waals surface area (Å²) in [7, 11) is 2.12. The number of nitrogens with one attached hydrogen (secondary N) is 2. The highest BCUT2D eigenvalue weighted by molar-refractivity contribution is 5.81.